The highest BCUT2D eigenvalue weighted by Crippen LogP contribution is 2.47. The highest BCUT2D eigenvalue weighted by atomic mass is 16.1. The number of amides is 1. The molecule has 1 amide bonds. The van der Waals surface area contributed by atoms with E-state index >= 15 is 0 Å². The van der Waals surface area contributed by atoms with Crippen molar-refractivity contribution in [2.24, 2.45) is 0 Å². The van der Waals surface area contributed by atoms with Gasteiger partial charge in [0.05, 0.1) is 23.4 Å². The zero-order valence-electron chi connectivity index (χ0n) is 11.8. The molecule has 1 saturated carbocycles. The highest BCUT2D eigenvalue weighted by Gasteiger charge is 2.45. The smallest absolute Gasteiger partial charge is 0.255 e. The predicted octanol–water partition coefficient (Wildman–Crippen LogP) is 3.20. The van der Waals surface area contributed by atoms with Gasteiger partial charge in [-0.05, 0) is 49.1 Å². The maximum absolute atomic E-state index is 12.4. The van der Waals surface area contributed by atoms with Crippen molar-refractivity contribution in [3.8, 4) is 6.07 Å². The van der Waals surface area contributed by atoms with Crippen LogP contribution in [0.25, 0.3) is 0 Å². The monoisotopic (exact) mass is 277 g/mol. The number of nitrogens with one attached hydrogen (secondary N) is 1. The van der Waals surface area contributed by atoms with Crippen LogP contribution in [-0.4, -0.2) is 10.9 Å². The molecule has 0 radical (unpaired) electrons. The first-order valence-corrected chi connectivity index (χ1v) is 6.88. The summed E-state index contributed by atoms with van der Waals surface area (Å²) in [6.07, 6.45) is 5.01. The number of aryl methyl sites for hydroxylation is 1. The lowest BCUT2D eigenvalue weighted by atomic mass is 9.93. The number of carbonyl (C=O) groups excluding carboxylic acids is 1. The summed E-state index contributed by atoms with van der Waals surface area (Å²) >= 11 is 0. The summed E-state index contributed by atoms with van der Waals surface area (Å²) in [4.78, 5) is 16.4. The molecule has 0 aliphatic heterocycles. The van der Waals surface area contributed by atoms with Crippen molar-refractivity contribution >= 4 is 11.6 Å². The van der Waals surface area contributed by atoms with Crippen LogP contribution in [0.5, 0.6) is 0 Å². The Balaban J connectivity index is 1.90. The van der Waals surface area contributed by atoms with Gasteiger partial charge in [0, 0.05) is 11.8 Å². The Bertz CT molecular complexity index is 727. The fraction of sp³-hybridized carbons (Fsp3) is 0.235. The Morgan fingerprint density at radius 2 is 2.19 bits per heavy atom. The van der Waals surface area contributed by atoms with Crippen LogP contribution in [0.15, 0.2) is 42.7 Å². The zero-order chi connectivity index (χ0) is 14.9. The van der Waals surface area contributed by atoms with E-state index in [-0.39, 0.29) is 11.3 Å². The molecular weight excluding hydrogens is 262 g/mol. The minimum atomic E-state index is -0.378. The van der Waals surface area contributed by atoms with E-state index in [1.165, 1.54) is 0 Å². The van der Waals surface area contributed by atoms with Gasteiger partial charge >= 0.3 is 0 Å². The van der Waals surface area contributed by atoms with Gasteiger partial charge in [-0.2, -0.15) is 5.26 Å². The number of rotatable bonds is 3. The van der Waals surface area contributed by atoms with Gasteiger partial charge in [-0.1, -0.05) is 12.1 Å². The van der Waals surface area contributed by atoms with Crippen molar-refractivity contribution in [3.05, 3.63) is 59.4 Å². The number of aromatic nitrogens is 1. The van der Waals surface area contributed by atoms with E-state index in [1.807, 2.05) is 25.1 Å². The lowest BCUT2D eigenvalue weighted by molar-refractivity contribution is 0.102. The molecule has 21 heavy (non-hydrogen) atoms. The Hall–Kier alpha value is -2.67. The number of anilines is 1. The van der Waals surface area contributed by atoms with Crippen LogP contribution in [0, 0.1) is 18.3 Å². The molecule has 1 N–H and O–H groups in total. The number of carbonyl (C=O) groups is 1. The average molecular weight is 277 g/mol. The molecule has 1 aliphatic rings. The lowest BCUT2D eigenvalue weighted by Gasteiger charge is -2.12. The molecule has 0 bridgehead atoms. The van der Waals surface area contributed by atoms with Gasteiger partial charge in [0.25, 0.3) is 5.91 Å². The van der Waals surface area contributed by atoms with Gasteiger partial charge in [-0.15, -0.1) is 0 Å². The Kier molecular flexibility index (Phi) is 3.19. The fourth-order valence-electron chi connectivity index (χ4n) is 2.39. The maximum Gasteiger partial charge on any atom is 0.255 e. The van der Waals surface area contributed by atoms with Crippen molar-refractivity contribution in [1.82, 2.24) is 4.98 Å². The third-order valence-electron chi connectivity index (χ3n) is 3.92. The average Bonchev–Trinajstić information content (AvgIpc) is 3.30. The van der Waals surface area contributed by atoms with Crippen LogP contribution < -0.4 is 5.32 Å². The second-order valence-electron chi connectivity index (χ2n) is 5.42. The molecule has 0 saturated heterocycles. The molecule has 0 unspecified atom stereocenters. The molecule has 1 aromatic heterocycles. The number of hydrogen-bond donors (Lipinski definition) is 1. The minimum Gasteiger partial charge on any atom is -0.321 e. The quantitative estimate of drug-likeness (QED) is 0.936. The third-order valence-corrected chi connectivity index (χ3v) is 3.92. The van der Waals surface area contributed by atoms with E-state index < -0.39 is 0 Å². The van der Waals surface area contributed by atoms with E-state index in [0.717, 1.165) is 24.0 Å². The zero-order valence-corrected chi connectivity index (χ0v) is 11.8. The first kappa shape index (κ1) is 13.3. The van der Waals surface area contributed by atoms with Crippen molar-refractivity contribution in [2.45, 2.75) is 25.2 Å². The molecule has 1 aliphatic carbocycles. The van der Waals surface area contributed by atoms with Crippen molar-refractivity contribution in [1.29, 1.82) is 5.26 Å². The molecule has 1 aromatic carbocycles. The maximum atomic E-state index is 12.4. The van der Waals surface area contributed by atoms with E-state index in [4.69, 9.17) is 0 Å². The highest BCUT2D eigenvalue weighted by molar-refractivity contribution is 6.05. The summed E-state index contributed by atoms with van der Waals surface area (Å²) in [6.45, 7) is 1.90. The predicted molar refractivity (Wildman–Crippen MR) is 79.9 cm³/mol. The summed E-state index contributed by atoms with van der Waals surface area (Å²) in [5.74, 6) is -0.170. The van der Waals surface area contributed by atoms with Crippen LogP contribution in [0.1, 0.15) is 34.3 Å². The van der Waals surface area contributed by atoms with Gasteiger partial charge in [0.2, 0.25) is 0 Å². The van der Waals surface area contributed by atoms with E-state index in [9.17, 15) is 10.1 Å². The second kappa shape index (κ2) is 5.02. The number of nitriles is 1. The van der Waals surface area contributed by atoms with Crippen molar-refractivity contribution in [3.63, 3.8) is 0 Å². The Morgan fingerprint density at radius 3 is 2.81 bits per heavy atom. The molecule has 4 heteroatoms. The van der Waals surface area contributed by atoms with Gasteiger partial charge in [-0.25, -0.2) is 0 Å². The molecule has 3 rings (SSSR count). The molecule has 104 valence electrons. The van der Waals surface area contributed by atoms with Crippen LogP contribution in [0.4, 0.5) is 5.69 Å². The van der Waals surface area contributed by atoms with Crippen LogP contribution in [-0.2, 0) is 5.41 Å². The minimum absolute atomic E-state index is 0.170. The molecular formula is C17H15N3O. The second-order valence-corrected chi connectivity index (χ2v) is 5.42. The summed E-state index contributed by atoms with van der Waals surface area (Å²) in [6, 6.07) is 11.6. The topological polar surface area (TPSA) is 65.8 Å². The summed E-state index contributed by atoms with van der Waals surface area (Å²) < 4.78 is 0. The molecule has 4 nitrogen and oxygen atoms in total. The number of hydrogen-bond acceptors (Lipinski definition) is 3. The van der Waals surface area contributed by atoms with Gasteiger partial charge in [-0.3, -0.25) is 9.78 Å². The standard InChI is InChI=1S/C17H15N3O/c1-12-4-5-13(17(11-18)6-7-17)9-15(12)16(21)20-14-3-2-8-19-10-14/h2-5,8-10H,6-7H2,1H3,(H,20,21). The van der Waals surface area contributed by atoms with E-state index in [1.54, 1.807) is 24.5 Å². The first-order valence-electron chi connectivity index (χ1n) is 6.88. The Morgan fingerprint density at radius 1 is 1.38 bits per heavy atom. The van der Waals surface area contributed by atoms with Gasteiger partial charge in [0.15, 0.2) is 0 Å². The summed E-state index contributed by atoms with van der Waals surface area (Å²) in [7, 11) is 0. The largest absolute Gasteiger partial charge is 0.321 e. The van der Waals surface area contributed by atoms with Crippen LogP contribution in [0.2, 0.25) is 0 Å². The summed E-state index contributed by atoms with van der Waals surface area (Å²) in [5, 5.41) is 12.1. The van der Waals surface area contributed by atoms with E-state index in [2.05, 4.69) is 16.4 Å². The molecule has 0 atom stereocenters. The van der Waals surface area contributed by atoms with Crippen molar-refractivity contribution in [2.75, 3.05) is 5.32 Å². The fourth-order valence-corrected chi connectivity index (χ4v) is 2.39. The molecule has 1 fully saturated rings. The lowest BCUT2D eigenvalue weighted by Crippen LogP contribution is -2.15. The van der Waals surface area contributed by atoms with Crippen LogP contribution in [0.3, 0.4) is 0 Å². The summed E-state index contributed by atoms with van der Waals surface area (Å²) in [5.41, 5.74) is 2.73. The van der Waals surface area contributed by atoms with Crippen molar-refractivity contribution < 1.29 is 4.79 Å². The normalized spacial score (nSPS) is 15.0. The Labute approximate surface area is 123 Å². The third kappa shape index (κ3) is 2.50. The van der Waals surface area contributed by atoms with E-state index in [0.29, 0.717) is 11.3 Å². The van der Waals surface area contributed by atoms with Gasteiger partial charge < -0.3 is 5.32 Å². The number of nitrogens with zero attached hydrogens (tertiary/aromatic N) is 2. The molecule has 1 heterocycles. The number of benzene rings is 1. The van der Waals surface area contributed by atoms with Crippen LogP contribution >= 0.6 is 0 Å². The molecule has 2 aromatic rings. The molecule has 0 spiro atoms. The SMILES string of the molecule is Cc1ccc(C2(C#N)CC2)cc1C(=O)Nc1cccnc1. The number of pyridine rings is 1. The first-order chi connectivity index (χ1) is 10.1. The van der Waals surface area contributed by atoms with Gasteiger partial charge in [0.1, 0.15) is 0 Å².